The first kappa shape index (κ1) is 38.4. The molecule has 1 aromatic carbocycles. The smallest absolute Gasteiger partial charge is 0.317 e. The van der Waals surface area contributed by atoms with Gasteiger partial charge in [0.15, 0.2) is 0 Å². The third-order valence-corrected chi connectivity index (χ3v) is 8.14. The van der Waals surface area contributed by atoms with Crippen LogP contribution in [0.25, 0.3) is 21.6 Å². The predicted molar refractivity (Wildman–Crippen MR) is 188 cm³/mol. The van der Waals surface area contributed by atoms with Crippen LogP contribution in [0.3, 0.4) is 0 Å². The average Bonchev–Trinajstić information content (AvgIpc) is 3.11. The SMILES string of the molecule is [N-]=[N+]=NCc1cc(-c2ccc(OC=O)cc2)cc(CN2CCN(CC(=O)O)CCN(Cc3cccc(C#CCN)n3)CCN(CC(=O)O)CC2)n1. The molecule has 0 saturated carbocycles. The minimum Gasteiger partial charge on any atom is -0.480 e. The minimum absolute atomic E-state index is 0.0415. The number of carbonyl (C=O) groups is 3. The number of aliphatic carboxylic acids is 2. The normalized spacial score (nSPS) is 15.3. The molecule has 3 heterocycles. The van der Waals surface area contributed by atoms with Gasteiger partial charge in [-0.25, -0.2) is 4.98 Å². The summed E-state index contributed by atoms with van der Waals surface area (Å²) in [6.07, 6.45) is 0. The molecule has 2 aromatic heterocycles. The zero-order valence-corrected chi connectivity index (χ0v) is 28.3. The van der Waals surface area contributed by atoms with Gasteiger partial charge < -0.3 is 20.7 Å². The summed E-state index contributed by atoms with van der Waals surface area (Å²) < 4.78 is 4.92. The van der Waals surface area contributed by atoms with Crippen molar-refractivity contribution < 1.29 is 29.3 Å². The Hall–Kier alpha value is -5.40. The summed E-state index contributed by atoms with van der Waals surface area (Å²) in [5.74, 6) is 4.31. The second kappa shape index (κ2) is 20.3. The molecule has 16 nitrogen and oxygen atoms in total. The van der Waals surface area contributed by atoms with E-state index in [1.807, 2.05) is 52.3 Å². The fourth-order valence-corrected chi connectivity index (χ4v) is 5.69. The summed E-state index contributed by atoms with van der Waals surface area (Å²) in [5.41, 5.74) is 18.8. The third kappa shape index (κ3) is 13.4. The van der Waals surface area contributed by atoms with Gasteiger partial charge in [0.05, 0.1) is 37.6 Å². The van der Waals surface area contributed by atoms with E-state index in [0.717, 1.165) is 16.8 Å². The highest BCUT2D eigenvalue weighted by atomic mass is 16.5. The van der Waals surface area contributed by atoms with E-state index >= 15 is 0 Å². The molecule has 1 aliphatic rings. The number of nitrogens with zero attached hydrogens (tertiary/aromatic N) is 9. The van der Waals surface area contributed by atoms with Crippen LogP contribution in [0, 0.1) is 11.8 Å². The van der Waals surface area contributed by atoms with E-state index in [9.17, 15) is 24.6 Å². The summed E-state index contributed by atoms with van der Waals surface area (Å²) in [6, 6.07) is 16.3. The van der Waals surface area contributed by atoms with Crippen molar-refractivity contribution in [2.75, 3.05) is 72.0 Å². The number of rotatable bonds is 13. The van der Waals surface area contributed by atoms with E-state index in [0.29, 0.717) is 94.8 Å². The van der Waals surface area contributed by atoms with Gasteiger partial charge in [0.1, 0.15) is 11.4 Å². The number of carboxylic acid groups (broad SMARTS) is 2. The van der Waals surface area contributed by atoms with Crippen molar-refractivity contribution in [1.29, 1.82) is 0 Å². The van der Waals surface area contributed by atoms with Gasteiger partial charge in [0.2, 0.25) is 0 Å². The van der Waals surface area contributed by atoms with Crippen LogP contribution in [0.4, 0.5) is 0 Å². The van der Waals surface area contributed by atoms with Gasteiger partial charge >= 0.3 is 11.9 Å². The monoisotopic (exact) mass is 698 g/mol. The molecule has 51 heavy (non-hydrogen) atoms. The van der Waals surface area contributed by atoms with E-state index in [2.05, 4.69) is 36.7 Å². The summed E-state index contributed by atoms with van der Waals surface area (Å²) in [4.78, 5) is 54.9. The standard InChI is InChI=1S/C35H42N10O6/c36-10-2-5-29-3-1-4-30(39-29)22-42-11-15-44(24-34(47)48)17-13-43(14-18-45(16-12-42)25-35(49)50)23-32-20-28(19-31(40-32)21-38-41-37)27-6-8-33(9-7-27)51-26-46/h1,3-4,6-9,19-20,26H,10-18,21-25,36H2,(H,47,48)(H,49,50). The fraction of sp³-hybridized carbons (Fsp3) is 0.400. The van der Waals surface area contributed by atoms with Gasteiger partial charge in [-0.05, 0) is 59.0 Å². The average molecular weight is 699 g/mol. The van der Waals surface area contributed by atoms with Crippen LogP contribution in [0.15, 0.2) is 59.7 Å². The summed E-state index contributed by atoms with van der Waals surface area (Å²) >= 11 is 0. The van der Waals surface area contributed by atoms with Gasteiger partial charge in [-0.15, -0.1) is 0 Å². The highest BCUT2D eigenvalue weighted by molar-refractivity contribution is 5.69. The Bertz CT molecular complexity index is 1710. The first-order valence-corrected chi connectivity index (χ1v) is 16.4. The predicted octanol–water partition coefficient (Wildman–Crippen LogP) is 1.89. The molecule has 0 amide bonds. The highest BCUT2D eigenvalue weighted by Gasteiger charge is 2.20. The molecule has 4 N–H and O–H groups in total. The highest BCUT2D eigenvalue weighted by Crippen LogP contribution is 2.25. The van der Waals surface area contributed by atoms with Gasteiger partial charge in [-0.3, -0.25) is 39.0 Å². The lowest BCUT2D eigenvalue weighted by Crippen LogP contribution is -2.47. The zero-order valence-electron chi connectivity index (χ0n) is 28.3. The fourth-order valence-electron chi connectivity index (χ4n) is 5.69. The topological polar surface area (TPSA) is 214 Å². The molecule has 1 fully saturated rings. The molecule has 0 atom stereocenters. The van der Waals surface area contributed by atoms with Crippen molar-refractivity contribution in [3.05, 3.63) is 87.8 Å². The molecule has 0 unspecified atom stereocenters. The number of azide groups is 1. The number of ether oxygens (including phenoxy) is 1. The van der Waals surface area contributed by atoms with Crippen LogP contribution in [0.5, 0.6) is 5.75 Å². The van der Waals surface area contributed by atoms with Crippen molar-refractivity contribution in [3.63, 3.8) is 0 Å². The number of nitrogens with two attached hydrogens (primary N) is 1. The Morgan fingerprint density at radius 1 is 0.824 bits per heavy atom. The van der Waals surface area contributed by atoms with Crippen molar-refractivity contribution in [1.82, 2.24) is 29.6 Å². The van der Waals surface area contributed by atoms with E-state index in [1.54, 1.807) is 12.1 Å². The summed E-state index contributed by atoms with van der Waals surface area (Å²) in [5, 5.41) is 23.2. The van der Waals surface area contributed by atoms with Crippen molar-refractivity contribution in [2.24, 2.45) is 10.8 Å². The molecular formula is C35H42N10O6. The maximum atomic E-state index is 11.9. The largest absolute Gasteiger partial charge is 0.480 e. The summed E-state index contributed by atoms with van der Waals surface area (Å²) in [6.45, 7) is 5.13. The minimum atomic E-state index is -0.928. The second-order valence-corrected chi connectivity index (χ2v) is 11.9. The van der Waals surface area contributed by atoms with Gasteiger partial charge in [-0.1, -0.05) is 29.2 Å². The Morgan fingerprint density at radius 3 is 1.94 bits per heavy atom. The molecule has 0 bridgehead atoms. The van der Waals surface area contributed by atoms with Crippen LogP contribution in [-0.4, -0.2) is 130 Å². The number of hydrogen-bond acceptors (Lipinski definition) is 12. The second-order valence-electron chi connectivity index (χ2n) is 11.9. The third-order valence-electron chi connectivity index (χ3n) is 8.14. The molecule has 1 saturated heterocycles. The number of carbonyl (C=O) groups excluding carboxylic acids is 1. The lowest BCUT2D eigenvalue weighted by Gasteiger charge is -2.33. The van der Waals surface area contributed by atoms with Crippen molar-refractivity contribution in [3.8, 4) is 28.7 Å². The molecular weight excluding hydrogens is 656 g/mol. The quantitative estimate of drug-likeness (QED) is 0.0766. The number of benzene rings is 1. The van der Waals surface area contributed by atoms with Gasteiger partial charge in [0.25, 0.3) is 6.47 Å². The van der Waals surface area contributed by atoms with Crippen LogP contribution in [0.2, 0.25) is 0 Å². The number of carboxylic acids is 2. The van der Waals surface area contributed by atoms with Gasteiger partial charge in [-0.2, -0.15) is 0 Å². The molecule has 4 rings (SSSR count). The van der Waals surface area contributed by atoms with Crippen LogP contribution in [-0.2, 0) is 34.0 Å². The molecule has 3 aromatic rings. The zero-order chi connectivity index (χ0) is 36.4. The summed E-state index contributed by atoms with van der Waals surface area (Å²) in [7, 11) is 0. The van der Waals surface area contributed by atoms with Crippen molar-refractivity contribution >= 4 is 18.4 Å². The molecule has 1 aliphatic heterocycles. The molecule has 0 radical (unpaired) electrons. The Labute approximate surface area is 296 Å². The first-order chi connectivity index (χ1) is 24.7. The van der Waals surface area contributed by atoms with Crippen LogP contribution >= 0.6 is 0 Å². The maximum absolute atomic E-state index is 11.9. The lowest BCUT2D eigenvalue weighted by molar-refractivity contribution is -0.139. The van der Waals surface area contributed by atoms with E-state index < -0.39 is 11.9 Å². The Balaban J connectivity index is 1.57. The maximum Gasteiger partial charge on any atom is 0.317 e. The number of aromatic nitrogens is 2. The number of pyridine rings is 2. The van der Waals surface area contributed by atoms with Crippen LogP contribution in [0.1, 0.15) is 22.8 Å². The van der Waals surface area contributed by atoms with Crippen molar-refractivity contribution in [2.45, 2.75) is 19.6 Å². The Kier molecular flexibility index (Phi) is 15.3. The van der Waals surface area contributed by atoms with E-state index in [1.165, 1.54) is 0 Å². The lowest BCUT2D eigenvalue weighted by atomic mass is 10.0. The van der Waals surface area contributed by atoms with Crippen LogP contribution < -0.4 is 10.5 Å². The molecule has 16 heteroatoms. The number of hydrogen-bond donors (Lipinski definition) is 3. The molecule has 0 aliphatic carbocycles. The van der Waals surface area contributed by atoms with E-state index in [4.69, 9.17) is 21.0 Å². The van der Waals surface area contributed by atoms with Gasteiger partial charge in [0, 0.05) is 76.1 Å². The molecule has 268 valence electrons. The molecule has 0 spiro atoms. The Morgan fingerprint density at radius 2 is 1.39 bits per heavy atom. The van der Waals surface area contributed by atoms with E-state index in [-0.39, 0.29) is 26.2 Å². The first-order valence-electron chi connectivity index (χ1n) is 16.4.